The largest absolute Gasteiger partial charge is 0.377 e. The quantitative estimate of drug-likeness (QED) is 0.731. The van der Waals surface area contributed by atoms with Gasteiger partial charge in [0.15, 0.2) is 5.69 Å². The van der Waals surface area contributed by atoms with Crippen molar-refractivity contribution in [2.75, 3.05) is 7.11 Å². The van der Waals surface area contributed by atoms with Crippen molar-refractivity contribution in [2.45, 2.75) is 6.61 Å². The van der Waals surface area contributed by atoms with Gasteiger partial charge in [0.25, 0.3) is 0 Å². The number of rotatable bonds is 4. The Kier molecular flexibility index (Phi) is 3.86. The Morgan fingerprint density at radius 3 is 2.86 bits per heavy atom. The van der Waals surface area contributed by atoms with Crippen molar-refractivity contribution in [2.24, 2.45) is 0 Å². The molecule has 0 aliphatic carbocycles. The van der Waals surface area contributed by atoms with Crippen LogP contribution < -0.4 is 0 Å². The highest BCUT2D eigenvalue weighted by Gasteiger charge is 2.21. The Morgan fingerprint density at radius 2 is 2.14 bits per heavy atom. The maximum absolute atomic E-state index is 14.1. The summed E-state index contributed by atoms with van der Waals surface area (Å²) in [6.07, 6.45) is 0. The first-order valence-electron chi connectivity index (χ1n) is 6.17. The van der Waals surface area contributed by atoms with Gasteiger partial charge in [0.2, 0.25) is 5.13 Å². The van der Waals surface area contributed by atoms with E-state index < -0.39 is 5.82 Å². The molecule has 0 amide bonds. The van der Waals surface area contributed by atoms with Crippen molar-refractivity contribution >= 4 is 11.3 Å². The molecular weight excluding hydrogens is 307 g/mol. The van der Waals surface area contributed by atoms with Crippen molar-refractivity contribution in [3.63, 3.8) is 0 Å². The van der Waals surface area contributed by atoms with E-state index in [1.54, 1.807) is 25.3 Å². The van der Waals surface area contributed by atoms with Gasteiger partial charge in [-0.05, 0) is 12.1 Å². The molecule has 0 saturated heterocycles. The minimum atomic E-state index is -0.468. The predicted octanol–water partition coefficient (Wildman–Crippen LogP) is 1.94. The molecule has 0 aliphatic rings. The predicted molar refractivity (Wildman–Crippen MR) is 75.6 cm³/mol. The maximum Gasteiger partial charge on any atom is 0.234 e. The van der Waals surface area contributed by atoms with Crippen molar-refractivity contribution in [1.82, 2.24) is 25.2 Å². The summed E-state index contributed by atoms with van der Waals surface area (Å²) in [7, 11) is 1.55. The van der Waals surface area contributed by atoms with E-state index in [1.807, 2.05) is 6.07 Å². The summed E-state index contributed by atoms with van der Waals surface area (Å²) in [5, 5.41) is 25.8. The molecule has 0 radical (unpaired) electrons. The van der Waals surface area contributed by atoms with Gasteiger partial charge in [-0.1, -0.05) is 28.7 Å². The summed E-state index contributed by atoms with van der Waals surface area (Å²) in [4.78, 5) is 0. The van der Waals surface area contributed by atoms with Crippen LogP contribution in [-0.4, -0.2) is 32.3 Å². The van der Waals surface area contributed by atoms with E-state index in [9.17, 15) is 9.65 Å². The highest BCUT2D eigenvalue weighted by Crippen LogP contribution is 2.28. The number of methoxy groups -OCH3 is 1. The Bertz CT molecular complexity index is 852. The van der Waals surface area contributed by atoms with Crippen molar-refractivity contribution in [3.8, 4) is 22.5 Å². The SMILES string of the molecule is COCc1nnc(-n2nnc(C#N)c2-c2ccccc2F)s1. The summed E-state index contributed by atoms with van der Waals surface area (Å²) < 4.78 is 20.4. The fourth-order valence-corrected chi connectivity index (χ4v) is 2.66. The molecule has 22 heavy (non-hydrogen) atoms. The molecule has 0 N–H and O–H groups in total. The molecule has 1 aromatic carbocycles. The van der Waals surface area contributed by atoms with Crippen LogP contribution in [0.15, 0.2) is 24.3 Å². The zero-order valence-electron chi connectivity index (χ0n) is 11.4. The van der Waals surface area contributed by atoms with Gasteiger partial charge < -0.3 is 4.74 Å². The number of aromatic nitrogens is 5. The lowest BCUT2D eigenvalue weighted by Crippen LogP contribution is -2.00. The third-order valence-electron chi connectivity index (χ3n) is 2.81. The Balaban J connectivity index is 2.15. The molecule has 3 aromatic rings. The van der Waals surface area contributed by atoms with Crippen LogP contribution >= 0.6 is 11.3 Å². The van der Waals surface area contributed by atoms with E-state index in [4.69, 9.17) is 4.74 Å². The zero-order chi connectivity index (χ0) is 15.5. The van der Waals surface area contributed by atoms with E-state index in [1.165, 1.54) is 22.1 Å². The minimum absolute atomic E-state index is 0.0218. The van der Waals surface area contributed by atoms with Gasteiger partial charge in [-0.25, -0.2) is 4.39 Å². The third-order valence-corrected chi connectivity index (χ3v) is 3.68. The summed E-state index contributed by atoms with van der Waals surface area (Å²) in [5.41, 5.74) is 0.502. The molecule has 2 aromatic heterocycles. The summed E-state index contributed by atoms with van der Waals surface area (Å²) in [5.74, 6) is -0.468. The van der Waals surface area contributed by atoms with E-state index >= 15 is 0 Å². The first-order chi connectivity index (χ1) is 10.7. The average molecular weight is 316 g/mol. The van der Waals surface area contributed by atoms with Crippen LogP contribution in [0.4, 0.5) is 4.39 Å². The van der Waals surface area contributed by atoms with Gasteiger partial charge in [-0.3, -0.25) is 0 Å². The third kappa shape index (κ3) is 2.45. The van der Waals surface area contributed by atoms with E-state index in [0.717, 1.165) is 0 Å². The Labute approximate surface area is 128 Å². The van der Waals surface area contributed by atoms with Gasteiger partial charge in [0.05, 0.1) is 0 Å². The number of nitriles is 1. The molecule has 0 atom stereocenters. The highest BCUT2D eigenvalue weighted by molar-refractivity contribution is 7.13. The fraction of sp³-hybridized carbons (Fsp3) is 0.154. The lowest BCUT2D eigenvalue weighted by atomic mass is 10.1. The van der Waals surface area contributed by atoms with Gasteiger partial charge in [-0.2, -0.15) is 9.94 Å². The van der Waals surface area contributed by atoms with Crippen LogP contribution in [0.3, 0.4) is 0 Å². The summed E-state index contributed by atoms with van der Waals surface area (Å²) in [6.45, 7) is 0.312. The Morgan fingerprint density at radius 1 is 1.32 bits per heavy atom. The molecule has 0 unspecified atom stereocenters. The first kappa shape index (κ1) is 14.2. The normalized spacial score (nSPS) is 10.6. The highest BCUT2D eigenvalue weighted by atomic mass is 32.1. The second-order valence-corrected chi connectivity index (χ2v) is 5.24. The standard InChI is InChI=1S/C13H9FN6OS/c1-21-7-11-17-18-13(22-11)20-12(10(6-15)16-19-20)8-4-2-3-5-9(8)14/h2-5H,7H2,1H3. The molecule has 0 fully saturated rings. The van der Waals surface area contributed by atoms with Crippen molar-refractivity contribution < 1.29 is 9.13 Å². The molecule has 7 nitrogen and oxygen atoms in total. The fourth-order valence-electron chi connectivity index (χ4n) is 1.90. The van der Waals surface area contributed by atoms with E-state index in [-0.39, 0.29) is 17.0 Å². The molecule has 2 heterocycles. The molecule has 0 spiro atoms. The number of halogens is 1. The molecule has 0 saturated carbocycles. The van der Waals surface area contributed by atoms with Crippen molar-refractivity contribution in [3.05, 3.63) is 40.8 Å². The monoisotopic (exact) mass is 316 g/mol. The number of nitrogens with zero attached hydrogens (tertiary/aromatic N) is 6. The number of hydrogen-bond acceptors (Lipinski definition) is 7. The minimum Gasteiger partial charge on any atom is -0.377 e. The van der Waals surface area contributed by atoms with Crippen molar-refractivity contribution in [1.29, 1.82) is 5.26 Å². The van der Waals surface area contributed by atoms with Crippen LogP contribution in [0.5, 0.6) is 0 Å². The number of benzene rings is 1. The second kappa shape index (κ2) is 5.97. The van der Waals surface area contributed by atoms with Crippen LogP contribution in [0.2, 0.25) is 0 Å². The van der Waals surface area contributed by atoms with E-state index in [0.29, 0.717) is 16.7 Å². The number of ether oxygens (including phenoxy) is 1. The smallest absolute Gasteiger partial charge is 0.234 e. The van der Waals surface area contributed by atoms with E-state index in [2.05, 4.69) is 20.5 Å². The molecular formula is C13H9FN6OS. The topological polar surface area (TPSA) is 89.5 Å². The van der Waals surface area contributed by atoms with Gasteiger partial charge in [0.1, 0.15) is 29.2 Å². The summed E-state index contributed by atoms with van der Waals surface area (Å²) >= 11 is 1.23. The molecule has 9 heteroatoms. The lowest BCUT2D eigenvalue weighted by molar-refractivity contribution is 0.184. The van der Waals surface area contributed by atoms with Gasteiger partial charge in [-0.15, -0.1) is 15.3 Å². The van der Waals surface area contributed by atoms with Crippen LogP contribution in [0.1, 0.15) is 10.7 Å². The molecule has 0 bridgehead atoms. The van der Waals surface area contributed by atoms with Gasteiger partial charge in [0, 0.05) is 12.7 Å². The van der Waals surface area contributed by atoms with Gasteiger partial charge >= 0.3 is 0 Å². The zero-order valence-corrected chi connectivity index (χ0v) is 12.2. The number of hydrogen-bond donors (Lipinski definition) is 0. The Hall–Kier alpha value is -2.70. The second-order valence-electron chi connectivity index (χ2n) is 4.20. The summed E-state index contributed by atoms with van der Waals surface area (Å²) in [6, 6.07) is 8.03. The van der Waals surface area contributed by atoms with Crippen LogP contribution in [0, 0.1) is 17.1 Å². The van der Waals surface area contributed by atoms with Crippen LogP contribution in [-0.2, 0) is 11.3 Å². The maximum atomic E-state index is 14.1. The lowest BCUT2D eigenvalue weighted by Gasteiger charge is -2.04. The average Bonchev–Trinajstić information content (AvgIpc) is 3.14. The van der Waals surface area contributed by atoms with Crippen LogP contribution in [0.25, 0.3) is 16.4 Å². The molecule has 3 rings (SSSR count). The first-order valence-corrected chi connectivity index (χ1v) is 6.98. The molecule has 110 valence electrons. The molecule has 0 aliphatic heterocycles.